The molecule has 0 saturated carbocycles. The van der Waals surface area contributed by atoms with Crippen molar-refractivity contribution in [3.63, 3.8) is 0 Å². The largest absolute Gasteiger partial charge is 4.00 e. The summed E-state index contributed by atoms with van der Waals surface area (Å²) >= 11 is 0. The molecule has 0 aromatic carbocycles. The predicted octanol–water partition coefficient (Wildman–Crippen LogP) is -11.7. The number of aliphatic carboxylic acids is 8. The van der Waals surface area contributed by atoms with Crippen LogP contribution in [-0.2, 0) is 38.4 Å². The van der Waals surface area contributed by atoms with E-state index in [0.717, 1.165) is 0 Å². The number of carbonyl (C=O) groups excluding carboxylic acids is 8. The summed E-state index contributed by atoms with van der Waals surface area (Å²) in [7, 11) is 0. The van der Waals surface area contributed by atoms with Crippen molar-refractivity contribution in [2.24, 2.45) is 0 Å². The Morgan fingerprint density at radius 3 is 0.353 bits per heavy atom. The number of carboxylic acids is 8. The molecule has 0 aliphatic rings. The van der Waals surface area contributed by atoms with Gasteiger partial charge < -0.3 is 79.2 Å². The summed E-state index contributed by atoms with van der Waals surface area (Å²) in [4.78, 5) is 75.3. The number of carboxylic acid groups (broad SMARTS) is 8. The van der Waals surface area contributed by atoms with Crippen LogP contribution in [0.1, 0.15) is 0 Å². The molecule has 0 rings (SSSR count). The van der Waals surface area contributed by atoms with Crippen molar-refractivity contribution in [2.45, 2.75) is 0 Å². The van der Waals surface area contributed by atoms with Gasteiger partial charge >= 0.3 is 14.9 Å². The van der Waals surface area contributed by atoms with Crippen molar-refractivity contribution >= 4 is 47.8 Å². The Hall–Kier alpha value is -5.28. The first kappa shape index (κ1) is 42.8. The second-order valence-electron chi connectivity index (χ2n) is 3.89. The van der Waals surface area contributed by atoms with E-state index in [9.17, 15) is 79.2 Å². The summed E-state index contributed by atoms with van der Waals surface area (Å²) in [5, 5.41) is 75.3. The standard InChI is InChI=1S/4C4H4O4.2C/c4*5-3(6)1-2-4(7)8;;/h4*1-2H,(H,5,6)(H,7,8);;/q;;;;2*+4/p-8/b4*2-1-;;. The number of carbonyl (C=O) groups is 8. The zero-order valence-corrected chi connectivity index (χ0v) is 16.2. The fourth-order valence-corrected chi connectivity index (χ4v) is 0.544. The van der Waals surface area contributed by atoms with Gasteiger partial charge in [-0.3, -0.25) is 0 Å². The van der Waals surface area contributed by atoms with Crippen LogP contribution < -0.4 is 40.9 Å². The first-order valence-corrected chi connectivity index (χ1v) is 6.91. The molecule has 0 aliphatic carbocycles. The summed E-state index contributed by atoms with van der Waals surface area (Å²) in [6.45, 7) is 0. The minimum atomic E-state index is -1.55. The predicted molar refractivity (Wildman–Crippen MR) is 83.1 cm³/mol. The number of hydrogen-bond acceptors (Lipinski definition) is 16. The second kappa shape index (κ2) is 27.7. The molecule has 16 heteroatoms. The van der Waals surface area contributed by atoms with Crippen molar-refractivity contribution in [1.29, 1.82) is 0 Å². The maximum Gasteiger partial charge on any atom is 4.00 e. The molecule has 0 amide bonds. The Kier molecular flexibility index (Phi) is 34.9. The van der Waals surface area contributed by atoms with Gasteiger partial charge in [-0.25, -0.2) is 0 Å². The van der Waals surface area contributed by atoms with Crippen LogP contribution >= 0.6 is 0 Å². The van der Waals surface area contributed by atoms with Gasteiger partial charge in [-0.05, 0) is 48.6 Å². The number of hydrogen-bond donors (Lipinski definition) is 0. The fraction of sp³-hybridized carbons (Fsp3) is 0. The van der Waals surface area contributed by atoms with Crippen molar-refractivity contribution in [2.75, 3.05) is 0 Å². The maximum absolute atomic E-state index is 9.41. The smallest absolute Gasteiger partial charge is 0.545 e. The van der Waals surface area contributed by atoms with Crippen LogP contribution in [0.15, 0.2) is 48.6 Å². The Labute approximate surface area is 191 Å². The van der Waals surface area contributed by atoms with E-state index in [4.69, 9.17) is 0 Å². The molecular formula is C18H8O16. The van der Waals surface area contributed by atoms with E-state index in [-0.39, 0.29) is 14.9 Å². The molecule has 0 spiro atoms. The van der Waals surface area contributed by atoms with Crippen LogP contribution in [0, 0.1) is 14.9 Å². The van der Waals surface area contributed by atoms with Gasteiger partial charge in [0.15, 0.2) is 0 Å². The second-order valence-corrected chi connectivity index (χ2v) is 3.89. The van der Waals surface area contributed by atoms with Crippen LogP contribution in [-0.4, -0.2) is 47.8 Å². The summed E-state index contributed by atoms with van der Waals surface area (Å²) in [6.07, 6.45) is 3.07. The van der Waals surface area contributed by atoms with Gasteiger partial charge in [0, 0.05) is 0 Å². The summed E-state index contributed by atoms with van der Waals surface area (Å²) in [5.41, 5.74) is 0. The molecule has 34 heavy (non-hydrogen) atoms. The number of rotatable bonds is 8. The molecule has 176 valence electrons. The van der Waals surface area contributed by atoms with Crippen molar-refractivity contribution in [1.82, 2.24) is 0 Å². The Morgan fingerprint density at radius 2 is 0.324 bits per heavy atom. The van der Waals surface area contributed by atoms with Gasteiger partial charge in [0.1, 0.15) is 0 Å². The van der Waals surface area contributed by atoms with Crippen LogP contribution in [0.3, 0.4) is 0 Å². The van der Waals surface area contributed by atoms with E-state index in [0.29, 0.717) is 48.6 Å². The third kappa shape index (κ3) is 81.6. The van der Waals surface area contributed by atoms with Crippen molar-refractivity contribution in [3.05, 3.63) is 63.5 Å². The monoisotopic (exact) mass is 480 g/mol. The SMILES string of the molecule is O=C([O-])/C=C\C(=O)[O-].O=C([O-])/C=C\C(=O)[O-].O=C([O-])/C=C\C(=O)[O-].O=C([O-])/C=C\C(=O)[O-].[C+4].[C+4]. The van der Waals surface area contributed by atoms with Gasteiger partial charge in [-0.1, -0.05) is 0 Å². The Morgan fingerprint density at radius 1 is 0.265 bits per heavy atom. The van der Waals surface area contributed by atoms with Crippen LogP contribution in [0.4, 0.5) is 0 Å². The first-order valence-electron chi connectivity index (χ1n) is 6.91. The molecule has 0 heterocycles. The van der Waals surface area contributed by atoms with Crippen molar-refractivity contribution in [3.8, 4) is 0 Å². The average molecular weight is 480 g/mol. The molecule has 0 saturated heterocycles. The summed E-state index contributed by atoms with van der Waals surface area (Å²) in [6, 6.07) is 0. The fourth-order valence-electron chi connectivity index (χ4n) is 0.544. The molecule has 0 unspecified atom stereocenters. The van der Waals surface area contributed by atoms with Gasteiger partial charge in [0.25, 0.3) is 0 Å². The molecule has 0 bridgehead atoms. The van der Waals surface area contributed by atoms with E-state index >= 15 is 0 Å². The minimum absolute atomic E-state index is 0. The molecule has 0 fully saturated rings. The molecule has 0 aromatic heterocycles. The van der Waals surface area contributed by atoms with E-state index in [2.05, 4.69) is 0 Å². The van der Waals surface area contributed by atoms with Gasteiger partial charge in [0.2, 0.25) is 0 Å². The first-order chi connectivity index (χ1) is 14.5. The Bertz CT molecular complexity index is 614. The molecule has 0 N–H and O–H groups in total. The third-order valence-electron chi connectivity index (χ3n) is 1.42. The zero-order chi connectivity index (χ0) is 26.3. The van der Waals surface area contributed by atoms with Crippen LogP contribution in [0.2, 0.25) is 0 Å². The van der Waals surface area contributed by atoms with E-state index in [1.165, 1.54) is 0 Å². The molecule has 0 atom stereocenters. The third-order valence-corrected chi connectivity index (χ3v) is 1.42. The quantitative estimate of drug-likeness (QED) is 0.291. The van der Waals surface area contributed by atoms with Gasteiger partial charge in [-0.2, -0.15) is 0 Å². The van der Waals surface area contributed by atoms with Gasteiger partial charge in [-0.15, -0.1) is 0 Å². The average Bonchev–Trinajstić information content (AvgIpc) is 2.63. The minimum Gasteiger partial charge on any atom is -0.545 e. The molecular weight excluding hydrogens is 472 g/mol. The van der Waals surface area contributed by atoms with Crippen LogP contribution in [0.5, 0.6) is 0 Å². The van der Waals surface area contributed by atoms with E-state index in [1.807, 2.05) is 0 Å². The molecule has 0 aliphatic heterocycles. The Balaban J connectivity index is -0.0000000754. The normalized spacial score (nSPS) is 8.94. The zero-order valence-electron chi connectivity index (χ0n) is 16.2. The molecule has 16 nitrogen and oxygen atoms in total. The molecule has 0 aromatic rings. The maximum atomic E-state index is 9.41. The molecule has 0 radical (unpaired) electrons. The van der Waals surface area contributed by atoms with E-state index in [1.54, 1.807) is 0 Å². The topological polar surface area (TPSA) is 321 Å². The van der Waals surface area contributed by atoms with Gasteiger partial charge in [0.05, 0.1) is 47.8 Å². The van der Waals surface area contributed by atoms with E-state index < -0.39 is 47.8 Å². The summed E-state index contributed by atoms with van der Waals surface area (Å²) in [5.74, 6) is -12.4. The van der Waals surface area contributed by atoms with Crippen molar-refractivity contribution < 1.29 is 79.2 Å². The van der Waals surface area contributed by atoms with Crippen LogP contribution in [0.25, 0.3) is 0 Å². The summed E-state index contributed by atoms with van der Waals surface area (Å²) < 4.78 is 0.